The van der Waals surface area contributed by atoms with Crippen LogP contribution in [-0.2, 0) is 9.59 Å². The molecule has 1 fully saturated rings. The molecule has 0 radical (unpaired) electrons. The normalized spacial score (nSPS) is 16.7. The molecule has 0 aliphatic heterocycles. The van der Waals surface area contributed by atoms with E-state index in [4.69, 9.17) is 5.73 Å². The van der Waals surface area contributed by atoms with Crippen LogP contribution in [0, 0.1) is 11.8 Å². The van der Waals surface area contributed by atoms with Gasteiger partial charge in [0.15, 0.2) is 0 Å². The Morgan fingerprint density at radius 2 is 1.88 bits per heavy atom. The first-order valence-corrected chi connectivity index (χ1v) is 6.28. The summed E-state index contributed by atoms with van der Waals surface area (Å²) in [5.74, 6) is 0.643. The van der Waals surface area contributed by atoms with Crippen molar-refractivity contribution in [1.82, 2.24) is 10.6 Å². The monoisotopic (exact) mass is 241 g/mol. The Balaban J connectivity index is 2.07. The summed E-state index contributed by atoms with van der Waals surface area (Å²) in [6, 6.07) is -0.0475. The second-order valence-corrected chi connectivity index (χ2v) is 5.18. The van der Waals surface area contributed by atoms with Crippen molar-refractivity contribution in [1.29, 1.82) is 0 Å². The first kappa shape index (κ1) is 14.0. The zero-order valence-electron chi connectivity index (χ0n) is 10.7. The van der Waals surface area contributed by atoms with E-state index in [1.54, 1.807) is 0 Å². The molecule has 0 aromatic heterocycles. The molecule has 0 heterocycles. The standard InChI is InChI=1S/C12H23N3O2/c1-8(2)6-14-12(17)7-15-11(16)5-10(13)9-3-4-9/h8-10H,3-7,13H2,1-2H3,(H,14,17)(H,15,16). The second-order valence-electron chi connectivity index (χ2n) is 5.18. The van der Waals surface area contributed by atoms with E-state index in [-0.39, 0.29) is 24.4 Å². The van der Waals surface area contributed by atoms with Crippen molar-refractivity contribution in [2.24, 2.45) is 17.6 Å². The van der Waals surface area contributed by atoms with Crippen LogP contribution in [0.2, 0.25) is 0 Å². The lowest BCUT2D eigenvalue weighted by molar-refractivity contribution is -0.126. The highest BCUT2D eigenvalue weighted by Gasteiger charge is 2.29. The maximum absolute atomic E-state index is 11.5. The van der Waals surface area contributed by atoms with Crippen LogP contribution < -0.4 is 16.4 Å². The van der Waals surface area contributed by atoms with Gasteiger partial charge in [0.2, 0.25) is 11.8 Å². The summed E-state index contributed by atoms with van der Waals surface area (Å²) in [6.45, 7) is 4.72. The van der Waals surface area contributed by atoms with Gasteiger partial charge in [0.25, 0.3) is 0 Å². The Hall–Kier alpha value is -1.10. The van der Waals surface area contributed by atoms with Crippen molar-refractivity contribution in [3.8, 4) is 0 Å². The Morgan fingerprint density at radius 3 is 2.41 bits per heavy atom. The van der Waals surface area contributed by atoms with E-state index in [0.717, 1.165) is 12.8 Å². The van der Waals surface area contributed by atoms with Gasteiger partial charge in [0.05, 0.1) is 6.54 Å². The fourth-order valence-electron chi connectivity index (χ4n) is 1.54. The molecule has 0 aromatic carbocycles. The van der Waals surface area contributed by atoms with Gasteiger partial charge in [-0.2, -0.15) is 0 Å². The molecule has 2 amide bonds. The number of hydrogen-bond donors (Lipinski definition) is 3. The van der Waals surface area contributed by atoms with Crippen LogP contribution in [0.1, 0.15) is 33.1 Å². The molecule has 0 spiro atoms. The number of nitrogens with two attached hydrogens (primary N) is 1. The molecule has 5 heteroatoms. The fraction of sp³-hybridized carbons (Fsp3) is 0.833. The van der Waals surface area contributed by atoms with Gasteiger partial charge in [-0.1, -0.05) is 13.8 Å². The van der Waals surface area contributed by atoms with Crippen LogP contribution in [0.15, 0.2) is 0 Å². The molecular weight excluding hydrogens is 218 g/mol. The van der Waals surface area contributed by atoms with E-state index in [2.05, 4.69) is 10.6 Å². The number of carbonyl (C=O) groups is 2. The Morgan fingerprint density at radius 1 is 1.24 bits per heavy atom. The predicted octanol–water partition coefficient (Wildman–Crippen LogP) is 0.00220. The quantitative estimate of drug-likeness (QED) is 0.586. The molecule has 0 bridgehead atoms. The Bertz CT molecular complexity index is 275. The van der Waals surface area contributed by atoms with Crippen molar-refractivity contribution >= 4 is 11.8 Å². The highest BCUT2D eigenvalue weighted by Crippen LogP contribution is 2.32. The highest BCUT2D eigenvalue weighted by atomic mass is 16.2. The SMILES string of the molecule is CC(C)CNC(=O)CNC(=O)CC(N)C1CC1. The largest absolute Gasteiger partial charge is 0.354 e. The third kappa shape index (κ3) is 6.26. The van der Waals surface area contributed by atoms with Gasteiger partial charge in [0, 0.05) is 19.0 Å². The van der Waals surface area contributed by atoms with Gasteiger partial charge >= 0.3 is 0 Å². The van der Waals surface area contributed by atoms with Crippen LogP contribution in [0.25, 0.3) is 0 Å². The van der Waals surface area contributed by atoms with Crippen LogP contribution in [0.3, 0.4) is 0 Å². The van der Waals surface area contributed by atoms with Crippen LogP contribution in [0.4, 0.5) is 0 Å². The summed E-state index contributed by atoms with van der Waals surface area (Å²) >= 11 is 0. The third-order valence-corrected chi connectivity index (χ3v) is 2.80. The fourth-order valence-corrected chi connectivity index (χ4v) is 1.54. The minimum atomic E-state index is -0.146. The van der Waals surface area contributed by atoms with Gasteiger partial charge in [-0.3, -0.25) is 9.59 Å². The van der Waals surface area contributed by atoms with E-state index >= 15 is 0 Å². The lowest BCUT2D eigenvalue weighted by Gasteiger charge is -2.11. The van der Waals surface area contributed by atoms with Crippen LogP contribution in [0.5, 0.6) is 0 Å². The molecule has 4 N–H and O–H groups in total. The van der Waals surface area contributed by atoms with Crippen LogP contribution in [-0.4, -0.2) is 30.9 Å². The van der Waals surface area contributed by atoms with Gasteiger partial charge in [0.1, 0.15) is 0 Å². The summed E-state index contributed by atoms with van der Waals surface area (Å²) in [5, 5.41) is 5.33. The van der Waals surface area contributed by atoms with Gasteiger partial charge in [-0.25, -0.2) is 0 Å². The molecule has 1 aliphatic carbocycles. The van der Waals surface area contributed by atoms with E-state index in [9.17, 15) is 9.59 Å². The molecule has 17 heavy (non-hydrogen) atoms. The maximum atomic E-state index is 11.5. The van der Waals surface area contributed by atoms with Gasteiger partial charge < -0.3 is 16.4 Å². The zero-order valence-corrected chi connectivity index (χ0v) is 10.7. The molecule has 5 nitrogen and oxygen atoms in total. The van der Waals surface area contributed by atoms with Crippen molar-refractivity contribution in [2.45, 2.75) is 39.2 Å². The summed E-state index contributed by atoms with van der Waals surface area (Å²) in [5.41, 5.74) is 5.82. The molecule has 1 unspecified atom stereocenters. The first-order chi connectivity index (χ1) is 7.99. The number of hydrogen-bond acceptors (Lipinski definition) is 3. The Kier molecular flexibility index (Phi) is 5.41. The molecule has 0 saturated heterocycles. The van der Waals surface area contributed by atoms with Crippen molar-refractivity contribution < 1.29 is 9.59 Å². The lowest BCUT2D eigenvalue weighted by Crippen LogP contribution is -2.40. The number of nitrogens with one attached hydrogen (secondary N) is 2. The molecule has 1 atom stereocenters. The highest BCUT2D eigenvalue weighted by molar-refractivity contribution is 5.84. The topological polar surface area (TPSA) is 84.2 Å². The number of amides is 2. The Labute approximate surface area is 103 Å². The third-order valence-electron chi connectivity index (χ3n) is 2.80. The molecule has 98 valence electrons. The summed E-state index contributed by atoms with van der Waals surface area (Å²) < 4.78 is 0. The van der Waals surface area contributed by atoms with Gasteiger partial charge in [-0.05, 0) is 24.7 Å². The van der Waals surface area contributed by atoms with E-state index < -0.39 is 0 Å². The van der Waals surface area contributed by atoms with Crippen LogP contribution >= 0.6 is 0 Å². The number of carbonyl (C=O) groups excluding carboxylic acids is 2. The van der Waals surface area contributed by atoms with Crippen molar-refractivity contribution in [3.05, 3.63) is 0 Å². The first-order valence-electron chi connectivity index (χ1n) is 6.28. The van der Waals surface area contributed by atoms with Crippen molar-refractivity contribution in [3.63, 3.8) is 0 Å². The van der Waals surface area contributed by atoms with Crippen molar-refractivity contribution in [2.75, 3.05) is 13.1 Å². The van der Waals surface area contributed by atoms with Gasteiger partial charge in [-0.15, -0.1) is 0 Å². The molecule has 0 aromatic rings. The van der Waals surface area contributed by atoms with E-state index in [0.29, 0.717) is 24.8 Å². The predicted molar refractivity (Wildman–Crippen MR) is 66.2 cm³/mol. The minimum Gasteiger partial charge on any atom is -0.354 e. The van der Waals surface area contributed by atoms with E-state index in [1.165, 1.54) is 0 Å². The molecule has 1 rings (SSSR count). The molecule has 1 aliphatic rings. The lowest BCUT2D eigenvalue weighted by atomic mass is 10.1. The minimum absolute atomic E-state index is 0.0446. The summed E-state index contributed by atoms with van der Waals surface area (Å²) in [4.78, 5) is 22.8. The van der Waals surface area contributed by atoms with E-state index in [1.807, 2.05) is 13.8 Å². The summed E-state index contributed by atoms with van der Waals surface area (Å²) in [7, 11) is 0. The zero-order chi connectivity index (χ0) is 12.8. The average Bonchev–Trinajstić information content (AvgIpc) is 3.07. The second kappa shape index (κ2) is 6.59. The average molecular weight is 241 g/mol. The number of rotatable bonds is 7. The smallest absolute Gasteiger partial charge is 0.239 e. The molecule has 1 saturated carbocycles. The maximum Gasteiger partial charge on any atom is 0.239 e. The summed E-state index contributed by atoms with van der Waals surface area (Å²) in [6.07, 6.45) is 2.58. The molecular formula is C12H23N3O2.